The number of alkyl halides is 1. The number of aliphatic carboxylic acids is 1. The molecule has 0 aliphatic carbocycles. The minimum absolute atomic E-state index is 0.366. The summed E-state index contributed by atoms with van der Waals surface area (Å²) in [5.74, 6) is -1.04. The zero-order chi connectivity index (χ0) is 5.86. The molecule has 1 atom stereocenters. The van der Waals surface area contributed by atoms with Crippen LogP contribution in [0.4, 0.5) is 0 Å². The van der Waals surface area contributed by atoms with Crippen molar-refractivity contribution in [2.45, 2.75) is 4.83 Å². The Morgan fingerprint density at radius 1 is 1.86 bits per heavy atom. The normalized spacial score (nSPS) is 13.4. The lowest BCUT2D eigenvalue weighted by molar-refractivity contribution is -0.136. The number of carboxylic acid groups (broad SMARTS) is 1. The summed E-state index contributed by atoms with van der Waals surface area (Å²) in [6.07, 6.45) is 0. The lowest BCUT2D eigenvalue weighted by Crippen LogP contribution is -2.16. The number of rotatable bonds is 2. The molecule has 0 fully saturated rings. The number of hydrogen-bond acceptors (Lipinski definition) is 2. The van der Waals surface area contributed by atoms with E-state index in [9.17, 15) is 4.79 Å². The van der Waals surface area contributed by atoms with Crippen LogP contribution in [0.3, 0.4) is 0 Å². The molecule has 0 saturated heterocycles. The van der Waals surface area contributed by atoms with Crippen LogP contribution >= 0.6 is 15.9 Å². The van der Waals surface area contributed by atoms with Crippen LogP contribution < -0.4 is 0 Å². The topological polar surface area (TPSA) is 57.5 Å². The van der Waals surface area contributed by atoms with Gasteiger partial charge in [0.2, 0.25) is 0 Å². The molecule has 0 radical (unpaired) electrons. The fourth-order valence-electron chi connectivity index (χ4n) is 0.0781. The zero-order valence-corrected chi connectivity index (χ0v) is 5.05. The van der Waals surface area contributed by atoms with E-state index in [1.807, 2.05) is 0 Å². The molecule has 4 heteroatoms. The number of halogens is 1. The smallest absolute Gasteiger partial charge is 0.319 e. The minimum atomic E-state index is -1.04. The highest BCUT2D eigenvalue weighted by molar-refractivity contribution is 9.10. The third-order valence-corrected chi connectivity index (χ3v) is 1.11. The Labute approximate surface area is 49.1 Å². The van der Waals surface area contributed by atoms with E-state index in [1.54, 1.807) is 0 Å². The van der Waals surface area contributed by atoms with E-state index < -0.39 is 10.8 Å². The second-order valence-corrected chi connectivity index (χ2v) is 2.09. The predicted octanol–water partition coefficient (Wildman–Crippen LogP) is -0.173. The molecule has 7 heavy (non-hydrogen) atoms. The van der Waals surface area contributed by atoms with Gasteiger partial charge in [-0.2, -0.15) is 0 Å². The van der Waals surface area contributed by atoms with E-state index in [0.717, 1.165) is 0 Å². The van der Waals surface area contributed by atoms with Gasteiger partial charge in [-0.05, 0) is 0 Å². The standard InChI is InChI=1S/C3H5BrO3/c4-2(1-5)3(6)7/h2,5H,1H2,(H,6,7)/t2-/m1/s1. The minimum Gasteiger partial charge on any atom is -0.480 e. The molecule has 0 heterocycles. The first kappa shape index (κ1) is 6.91. The molecule has 0 unspecified atom stereocenters. The molecular weight excluding hydrogens is 164 g/mol. The van der Waals surface area contributed by atoms with Gasteiger partial charge in [-0.25, -0.2) is 0 Å². The van der Waals surface area contributed by atoms with Gasteiger partial charge >= 0.3 is 5.97 Å². The van der Waals surface area contributed by atoms with Gasteiger partial charge in [0, 0.05) is 0 Å². The van der Waals surface area contributed by atoms with Gasteiger partial charge in [0.1, 0.15) is 4.83 Å². The van der Waals surface area contributed by atoms with Crippen molar-refractivity contribution in [1.82, 2.24) is 0 Å². The Morgan fingerprint density at radius 2 is 2.29 bits per heavy atom. The van der Waals surface area contributed by atoms with Crippen LogP contribution in [-0.4, -0.2) is 27.6 Å². The highest BCUT2D eigenvalue weighted by atomic mass is 79.9. The van der Waals surface area contributed by atoms with Crippen molar-refractivity contribution in [1.29, 1.82) is 0 Å². The van der Waals surface area contributed by atoms with Crippen molar-refractivity contribution in [3.63, 3.8) is 0 Å². The van der Waals surface area contributed by atoms with Crippen molar-refractivity contribution in [3.05, 3.63) is 0 Å². The van der Waals surface area contributed by atoms with E-state index in [0.29, 0.717) is 0 Å². The molecule has 0 rings (SSSR count). The second-order valence-electron chi connectivity index (χ2n) is 0.988. The second kappa shape index (κ2) is 2.98. The van der Waals surface area contributed by atoms with Crippen LogP contribution in [0, 0.1) is 0 Å². The van der Waals surface area contributed by atoms with E-state index in [-0.39, 0.29) is 6.61 Å². The van der Waals surface area contributed by atoms with Gasteiger partial charge < -0.3 is 10.2 Å². The Morgan fingerprint density at radius 3 is 2.29 bits per heavy atom. The summed E-state index contributed by atoms with van der Waals surface area (Å²) in [5.41, 5.74) is 0. The first-order valence-electron chi connectivity index (χ1n) is 1.66. The average molecular weight is 169 g/mol. The first-order valence-corrected chi connectivity index (χ1v) is 2.57. The van der Waals surface area contributed by atoms with Crippen molar-refractivity contribution in [2.24, 2.45) is 0 Å². The fraction of sp³-hybridized carbons (Fsp3) is 0.667. The Hall–Kier alpha value is -0.0900. The Bertz CT molecular complexity index is 72.6. The van der Waals surface area contributed by atoms with Gasteiger partial charge in [0.15, 0.2) is 0 Å². The van der Waals surface area contributed by atoms with Crippen LogP contribution in [0.1, 0.15) is 0 Å². The SMILES string of the molecule is O=C(O)[C@H](Br)CO. The maximum Gasteiger partial charge on any atom is 0.319 e. The number of hydrogen-bond donors (Lipinski definition) is 2. The van der Waals surface area contributed by atoms with Gasteiger partial charge in [0.25, 0.3) is 0 Å². The molecule has 42 valence electrons. The Balaban J connectivity index is 3.34. The molecule has 0 aromatic heterocycles. The fourth-order valence-corrected chi connectivity index (χ4v) is 0.0781. The van der Waals surface area contributed by atoms with Gasteiger partial charge in [-0.15, -0.1) is 0 Å². The van der Waals surface area contributed by atoms with Crippen LogP contribution in [0.25, 0.3) is 0 Å². The summed E-state index contributed by atoms with van der Waals surface area (Å²) in [5, 5.41) is 16.1. The van der Waals surface area contributed by atoms with E-state index in [2.05, 4.69) is 15.9 Å². The molecule has 0 aromatic carbocycles. The van der Waals surface area contributed by atoms with Crippen LogP contribution in [0.5, 0.6) is 0 Å². The third-order valence-electron chi connectivity index (χ3n) is 0.428. The first-order chi connectivity index (χ1) is 3.18. The van der Waals surface area contributed by atoms with Crippen LogP contribution in [0.2, 0.25) is 0 Å². The number of carboxylic acids is 1. The van der Waals surface area contributed by atoms with Crippen molar-refractivity contribution in [3.8, 4) is 0 Å². The molecule has 0 saturated carbocycles. The maximum absolute atomic E-state index is 9.72. The highest BCUT2D eigenvalue weighted by Gasteiger charge is 2.08. The summed E-state index contributed by atoms with van der Waals surface area (Å²) >= 11 is 2.69. The van der Waals surface area contributed by atoms with Gasteiger partial charge in [-0.3, -0.25) is 4.79 Å². The summed E-state index contributed by atoms with van der Waals surface area (Å²) < 4.78 is 0. The summed E-state index contributed by atoms with van der Waals surface area (Å²) in [4.78, 5) is 8.91. The highest BCUT2D eigenvalue weighted by Crippen LogP contribution is 1.95. The summed E-state index contributed by atoms with van der Waals surface area (Å²) in [7, 11) is 0. The van der Waals surface area contributed by atoms with Crippen molar-refractivity contribution >= 4 is 21.9 Å². The zero-order valence-electron chi connectivity index (χ0n) is 3.47. The number of carbonyl (C=O) groups is 1. The van der Waals surface area contributed by atoms with Gasteiger partial charge in [-0.1, -0.05) is 15.9 Å². The van der Waals surface area contributed by atoms with Gasteiger partial charge in [0.05, 0.1) is 6.61 Å². The summed E-state index contributed by atoms with van der Waals surface area (Å²) in [6.45, 7) is -0.366. The molecule has 0 spiro atoms. The van der Waals surface area contributed by atoms with Crippen LogP contribution in [0.15, 0.2) is 0 Å². The molecule has 3 nitrogen and oxygen atoms in total. The van der Waals surface area contributed by atoms with E-state index >= 15 is 0 Å². The maximum atomic E-state index is 9.72. The quantitative estimate of drug-likeness (QED) is 0.564. The van der Waals surface area contributed by atoms with Crippen molar-refractivity contribution in [2.75, 3.05) is 6.61 Å². The third kappa shape index (κ3) is 2.59. The number of aliphatic hydroxyl groups excluding tert-OH is 1. The summed E-state index contributed by atoms with van der Waals surface area (Å²) in [6, 6.07) is 0. The molecule has 0 aromatic rings. The Kier molecular flexibility index (Phi) is 2.95. The largest absolute Gasteiger partial charge is 0.480 e. The van der Waals surface area contributed by atoms with E-state index in [4.69, 9.17) is 10.2 Å². The monoisotopic (exact) mass is 168 g/mol. The van der Waals surface area contributed by atoms with Crippen molar-refractivity contribution < 1.29 is 15.0 Å². The lowest BCUT2D eigenvalue weighted by Gasteiger charge is -1.93. The predicted molar refractivity (Wildman–Crippen MR) is 27.4 cm³/mol. The average Bonchev–Trinajstić information content (AvgIpc) is 1.65. The van der Waals surface area contributed by atoms with E-state index in [1.165, 1.54) is 0 Å². The van der Waals surface area contributed by atoms with Crippen LogP contribution in [-0.2, 0) is 4.79 Å². The lowest BCUT2D eigenvalue weighted by atomic mass is 10.5. The molecule has 0 aliphatic heterocycles. The molecule has 0 bridgehead atoms. The molecular formula is C3H5BrO3. The molecule has 0 aliphatic rings. The number of aliphatic hydroxyl groups is 1. The molecule has 0 amide bonds. The molecule has 2 N–H and O–H groups in total.